The number of amides is 2. The molecule has 4 rings (SSSR count). The zero-order valence-corrected chi connectivity index (χ0v) is 19.0. The van der Waals surface area contributed by atoms with Crippen molar-refractivity contribution in [1.29, 1.82) is 5.26 Å². The number of thiazole rings is 1. The molecule has 0 spiro atoms. The molecule has 0 saturated carbocycles. The number of β-lactam (4-membered cyclic amide) rings is 1. The van der Waals surface area contributed by atoms with Crippen LogP contribution >= 0.6 is 34.7 Å². The molecule has 13 nitrogen and oxygen atoms in total. The summed E-state index contributed by atoms with van der Waals surface area (Å²) in [6, 6.07) is 2.11. The molecule has 34 heavy (non-hydrogen) atoms. The summed E-state index contributed by atoms with van der Waals surface area (Å²) in [6.45, 7) is 0. The van der Waals surface area contributed by atoms with Gasteiger partial charge in [0.1, 0.15) is 33.2 Å². The number of nitrogens with one attached hydrogen (secondary N) is 1. The zero-order chi connectivity index (χ0) is 24.6. The van der Waals surface area contributed by atoms with Crippen LogP contribution in [0.15, 0.2) is 33.1 Å². The number of rotatable bonds is 6. The Labute approximate surface area is 203 Å². The molecule has 2 atom stereocenters. The lowest BCUT2D eigenvalue weighted by atomic mass is 10.0. The molecule has 4 heterocycles. The van der Waals surface area contributed by atoms with E-state index in [-0.39, 0.29) is 38.1 Å². The van der Waals surface area contributed by atoms with Crippen molar-refractivity contribution in [3.05, 3.63) is 44.9 Å². The quantitative estimate of drug-likeness (QED) is 0.181. The molecular weight excluding hydrogens is 510 g/mol. The first kappa shape index (κ1) is 23.3. The second-order valence-corrected chi connectivity index (χ2v) is 9.46. The van der Waals surface area contributed by atoms with E-state index in [1.54, 1.807) is 0 Å². The van der Waals surface area contributed by atoms with Crippen molar-refractivity contribution in [1.82, 2.24) is 20.4 Å². The highest BCUT2D eigenvalue weighted by Crippen LogP contribution is 2.41. The number of oxime groups is 1. The van der Waals surface area contributed by atoms with Gasteiger partial charge in [-0.2, -0.15) is 5.26 Å². The van der Waals surface area contributed by atoms with Crippen LogP contribution in [0.25, 0.3) is 6.08 Å². The second-order valence-electron chi connectivity index (χ2n) is 6.72. The van der Waals surface area contributed by atoms with Crippen LogP contribution in [0.2, 0.25) is 4.34 Å². The summed E-state index contributed by atoms with van der Waals surface area (Å²) in [4.78, 5) is 42.2. The largest absolute Gasteiger partial charge is 0.477 e. The van der Waals surface area contributed by atoms with E-state index < -0.39 is 34.9 Å². The molecule has 2 aromatic heterocycles. The fourth-order valence-corrected chi connectivity index (χ4v) is 5.49. The SMILES string of the molecule is N#Cc1cc(/C=C/C2=C(C(=O)O)N3C(=O)[C@@H](NC(=O)/C(=N\O)c4nc(N)sc4Cl)[C@H]3SC2)on1. The van der Waals surface area contributed by atoms with Gasteiger partial charge in [-0.05, 0) is 11.6 Å². The number of aliphatic carboxylic acids is 1. The number of aromatic nitrogens is 2. The number of nitriles is 1. The van der Waals surface area contributed by atoms with E-state index in [0.29, 0.717) is 5.57 Å². The maximum Gasteiger partial charge on any atom is 0.352 e. The van der Waals surface area contributed by atoms with Gasteiger partial charge in [-0.15, -0.1) is 11.8 Å². The molecule has 1 fully saturated rings. The number of allylic oxidation sites excluding steroid dienone is 1. The highest BCUT2D eigenvalue weighted by atomic mass is 35.5. The number of nitrogens with zero attached hydrogens (tertiary/aromatic N) is 5. The Balaban J connectivity index is 1.53. The van der Waals surface area contributed by atoms with Gasteiger partial charge in [0, 0.05) is 11.8 Å². The maximum atomic E-state index is 12.8. The number of thioether (sulfide) groups is 1. The van der Waals surface area contributed by atoms with Crippen LogP contribution in [0.3, 0.4) is 0 Å². The van der Waals surface area contributed by atoms with Crippen LogP contribution in [-0.2, 0) is 14.4 Å². The first-order chi connectivity index (χ1) is 16.2. The summed E-state index contributed by atoms with van der Waals surface area (Å²) >= 11 is 8.05. The number of nitrogens with two attached hydrogens (primary N) is 1. The predicted octanol–water partition coefficient (Wildman–Crippen LogP) is 0.869. The summed E-state index contributed by atoms with van der Waals surface area (Å²) in [5.41, 5.74) is 5.01. The average molecular weight is 522 g/mol. The minimum absolute atomic E-state index is 0.0234. The van der Waals surface area contributed by atoms with Crippen molar-refractivity contribution in [2.45, 2.75) is 11.4 Å². The van der Waals surface area contributed by atoms with E-state index >= 15 is 0 Å². The van der Waals surface area contributed by atoms with E-state index in [1.807, 2.05) is 6.07 Å². The first-order valence-electron chi connectivity index (χ1n) is 9.16. The van der Waals surface area contributed by atoms with Crippen molar-refractivity contribution in [2.75, 3.05) is 11.5 Å². The van der Waals surface area contributed by atoms with Gasteiger partial charge in [0.05, 0.1) is 0 Å². The van der Waals surface area contributed by atoms with Crippen LogP contribution in [0.4, 0.5) is 5.13 Å². The Morgan fingerprint density at radius 1 is 1.47 bits per heavy atom. The van der Waals surface area contributed by atoms with E-state index in [1.165, 1.54) is 30.0 Å². The number of carbonyl (C=O) groups excluding carboxylic acids is 2. The number of carbonyl (C=O) groups is 3. The van der Waals surface area contributed by atoms with Crippen molar-refractivity contribution in [3.8, 4) is 6.07 Å². The summed E-state index contributed by atoms with van der Waals surface area (Å²) in [5, 5.41) is 36.0. The molecule has 1 saturated heterocycles. The van der Waals surface area contributed by atoms with E-state index in [2.05, 4.69) is 20.6 Å². The lowest BCUT2D eigenvalue weighted by Gasteiger charge is -2.49. The summed E-state index contributed by atoms with van der Waals surface area (Å²) in [6.07, 6.45) is 2.89. The number of carboxylic acid groups (broad SMARTS) is 1. The zero-order valence-electron chi connectivity index (χ0n) is 16.6. The predicted molar refractivity (Wildman–Crippen MR) is 120 cm³/mol. The Morgan fingerprint density at radius 3 is 2.82 bits per heavy atom. The van der Waals surface area contributed by atoms with Gasteiger partial charge in [-0.3, -0.25) is 14.5 Å². The van der Waals surface area contributed by atoms with Crippen LogP contribution in [0.1, 0.15) is 17.1 Å². The molecule has 16 heteroatoms. The Morgan fingerprint density at radius 2 is 2.24 bits per heavy atom. The number of hydrogen-bond donors (Lipinski definition) is 4. The topological polar surface area (TPSA) is 208 Å². The molecule has 0 bridgehead atoms. The van der Waals surface area contributed by atoms with Gasteiger partial charge < -0.3 is 25.9 Å². The van der Waals surface area contributed by atoms with Gasteiger partial charge in [-0.25, -0.2) is 9.78 Å². The third-order valence-electron chi connectivity index (χ3n) is 4.72. The number of fused-ring (bicyclic) bond motifs is 1. The van der Waals surface area contributed by atoms with Crippen LogP contribution in [0, 0.1) is 11.3 Å². The third-order valence-corrected chi connectivity index (χ3v) is 7.11. The number of hydrogen-bond acceptors (Lipinski definition) is 12. The fourth-order valence-electron chi connectivity index (χ4n) is 3.25. The Bertz CT molecular complexity index is 1340. The molecule has 2 amide bonds. The van der Waals surface area contributed by atoms with E-state index in [4.69, 9.17) is 27.1 Å². The summed E-state index contributed by atoms with van der Waals surface area (Å²) in [7, 11) is 0. The van der Waals surface area contributed by atoms with Crippen molar-refractivity contribution < 1.29 is 29.2 Å². The van der Waals surface area contributed by atoms with Crippen LogP contribution < -0.4 is 11.1 Å². The van der Waals surface area contributed by atoms with Crippen LogP contribution in [0.5, 0.6) is 0 Å². The molecule has 0 aliphatic carbocycles. The van der Waals surface area contributed by atoms with Gasteiger partial charge in [0.15, 0.2) is 22.3 Å². The number of carboxylic acids is 1. The van der Waals surface area contributed by atoms with Crippen molar-refractivity contribution in [2.24, 2.45) is 5.16 Å². The highest BCUT2D eigenvalue weighted by molar-refractivity contribution is 8.00. The Hall–Kier alpha value is -3.87. The molecule has 2 aliphatic heterocycles. The van der Waals surface area contributed by atoms with E-state index in [9.17, 15) is 24.7 Å². The van der Waals surface area contributed by atoms with Crippen LogP contribution in [-0.4, -0.2) is 66.0 Å². The molecule has 2 aromatic rings. The molecule has 2 aliphatic rings. The maximum absolute atomic E-state index is 12.8. The standard InChI is InChI=1S/C18H12ClN7O6S2/c19-13-9(23-18(21)34-13)10(24-31)14(27)22-11-15(28)26-12(17(29)30)6(5-33-16(11)26)1-2-8-3-7(4-20)25-32-8/h1-3,11,16,31H,5H2,(H2,21,23)(H,22,27)(H,29,30)/b2-1+,24-10-/t11-,16-/m1/s1. The van der Waals surface area contributed by atoms with E-state index in [0.717, 1.165) is 16.2 Å². The van der Waals surface area contributed by atoms with Gasteiger partial charge in [0.25, 0.3) is 11.8 Å². The lowest BCUT2D eigenvalue weighted by Crippen LogP contribution is -2.71. The molecule has 0 unspecified atom stereocenters. The summed E-state index contributed by atoms with van der Waals surface area (Å²) < 4.78 is 4.97. The first-order valence-corrected chi connectivity index (χ1v) is 11.4. The number of halogens is 1. The number of nitrogen functional groups attached to an aromatic ring is 1. The summed E-state index contributed by atoms with van der Waals surface area (Å²) in [5.74, 6) is -2.49. The smallest absolute Gasteiger partial charge is 0.352 e. The normalized spacial score (nSPS) is 20.2. The van der Waals surface area contributed by atoms with Gasteiger partial charge >= 0.3 is 5.97 Å². The molecule has 5 N–H and O–H groups in total. The lowest BCUT2D eigenvalue weighted by molar-refractivity contribution is -0.150. The fraction of sp³-hybridized carbons (Fsp3) is 0.167. The van der Waals surface area contributed by atoms with Gasteiger partial charge in [0.2, 0.25) is 0 Å². The molecule has 0 aromatic carbocycles. The number of anilines is 1. The molecule has 174 valence electrons. The Kier molecular flexibility index (Phi) is 6.28. The van der Waals surface area contributed by atoms with Gasteiger partial charge in [-0.1, -0.05) is 39.3 Å². The molecular formula is C18H12ClN7O6S2. The minimum atomic E-state index is -1.33. The second kappa shape index (κ2) is 9.17. The van der Waals surface area contributed by atoms with Crippen molar-refractivity contribution in [3.63, 3.8) is 0 Å². The third kappa shape index (κ3) is 4.09. The van der Waals surface area contributed by atoms with Crippen molar-refractivity contribution >= 4 is 69.4 Å². The minimum Gasteiger partial charge on any atom is -0.477 e. The molecule has 0 radical (unpaired) electrons. The highest BCUT2D eigenvalue weighted by Gasteiger charge is 2.54. The average Bonchev–Trinajstić information content (AvgIpc) is 3.41. The monoisotopic (exact) mass is 521 g/mol.